The average Bonchev–Trinajstić information content (AvgIpc) is 2.26. The molecule has 1 rings (SSSR count). The number of carboxylic acid groups (broad SMARTS) is 1. The van der Waals surface area contributed by atoms with E-state index in [0.29, 0.717) is 12.2 Å². The largest absolute Gasteiger partial charge is 0.481 e. The first-order valence-electron chi connectivity index (χ1n) is 6.29. The Morgan fingerprint density at radius 3 is 2.50 bits per heavy atom. The Bertz CT molecular complexity index is 500. The summed E-state index contributed by atoms with van der Waals surface area (Å²) in [5.74, 6) is -1.41. The maximum Gasteiger partial charge on any atom is 0.310 e. The molecule has 0 saturated carbocycles. The molecule has 0 aliphatic rings. The molecule has 0 spiro atoms. The van der Waals surface area contributed by atoms with Crippen molar-refractivity contribution in [2.75, 3.05) is 18.8 Å². The van der Waals surface area contributed by atoms with Crippen molar-refractivity contribution in [3.05, 3.63) is 29.8 Å². The van der Waals surface area contributed by atoms with E-state index in [1.54, 1.807) is 30.9 Å². The van der Waals surface area contributed by atoms with Crippen molar-refractivity contribution in [1.29, 1.82) is 0 Å². The molecular formula is C14H21N3O3. The zero-order valence-electron chi connectivity index (χ0n) is 11.8. The number of rotatable bonds is 7. The fourth-order valence-corrected chi connectivity index (χ4v) is 1.96. The van der Waals surface area contributed by atoms with Gasteiger partial charge in [0.05, 0.1) is 12.0 Å². The van der Waals surface area contributed by atoms with Crippen molar-refractivity contribution in [2.45, 2.75) is 20.4 Å². The lowest BCUT2D eigenvalue weighted by atomic mass is 9.93. The molecule has 5 N–H and O–H groups in total. The van der Waals surface area contributed by atoms with Crippen LogP contribution in [0.1, 0.15) is 19.4 Å². The zero-order valence-corrected chi connectivity index (χ0v) is 11.8. The predicted octanol–water partition coefficient (Wildman–Crippen LogP) is 0.667. The number of primary amides is 1. The highest BCUT2D eigenvalue weighted by Gasteiger charge is 2.30. The Hall–Kier alpha value is -2.08. The third kappa shape index (κ3) is 4.89. The normalized spacial score (nSPS) is 11.6. The monoisotopic (exact) mass is 279 g/mol. The van der Waals surface area contributed by atoms with Gasteiger partial charge in [0.2, 0.25) is 5.91 Å². The molecule has 0 aromatic heterocycles. The van der Waals surface area contributed by atoms with E-state index >= 15 is 0 Å². The molecule has 0 unspecified atom stereocenters. The lowest BCUT2D eigenvalue weighted by Crippen LogP contribution is -2.42. The first-order valence-corrected chi connectivity index (χ1v) is 6.29. The molecule has 1 aromatic rings. The van der Waals surface area contributed by atoms with Gasteiger partial charge in [-0.1, -0.05) is 12.1 Å². The maximum absolute atomic E-state index is 11.2. The number of amides is 1. The van der Waals surface area contributed by atoms with Crippen LogP contribution < -0.4 is 11.5 Å². The molecule has 0 saturated heterocycles. The summed E-state index contributed by atoms with van der Waals surface area (Å²) in [5, 5.41) is 9.17. The van der Waals surface area contributed by atoms with Gasteiger partial charge < -0.3 is 16.6 Å². The first kappa shape index (κ1) is 16.0. The smallest absolute Gasteiger partial charge is 0.310 e. The van der Waals surface area contributed by atoms with E-state index < -0.39 is 17.3 Å². The van der Waals surface area contributed by atoms with Crippen molar-refractivity contribution in [1.82, 2.24) is 4.90 Å². The van der Waals surface area contributed by atoms with Gasteiger partial charge in [0.15, 0.2) is 0 Å². The molecule has 1 amide bonds. The second-order valence-corrected chi connectivity index (χ2v) is 5.55. The Labute approximate surface area is 118 Å². The molecule has 1 aromatic carbocycles. The molecule has 110 valence electrons. The number of carbonyl (C=O) groups is 2. The van der Waals surface area contributed by atoms with Crippen molar-refractivity contribution >= 4 is 17.6 Å². The van der Waals surface area contributed by atoms with Crippen LogP contribution in [0.4, 0.5) is 5.69 Å². The van der Waals surface area contributed by atoms with Gasteiger partial charge >= 0.3 is 5.97 Å². The SMILES string of the molecule is CC(C)(CN(CC(N)=O)Cc1cccc(N)c1)C(=O)O. The lowest BCUT2D eigenvalue weighted by molar-refractivity contribution is -0.148. The first-order chi connectivity index (χ1) is 9.20. The standard InChI is InChI=1S/C14H21N3O3/c1-14(2,13(19)20)9-17(8-12(16)18)7-10-4-3-5-11(15)6-10/h3-6H,7-9,15H2,1-2H3,(H2,16,18)(H,19,20). The lowest BCUT2D eigenvalue weighted by Gasteiger charge is -2.29. The molecule has 0 heterocycles. The van der Waals surface area contributed by atoms with Gasteiger partial charge in [0.25, 0.3) is 0 Å². The summed E-state index contributed by atoms with van der Waals surface area (Å²) in [6.07, 6.45) is 0. The molecule has 0 atom stereocenters. The van der Waals surface area contributed by atoms with Crippen LogP contribution in [-0.4, -0.2) is 35.0 Å². The highest BCUT2D eigenvalue weighted by Crippen LogP contribution is 2.19. The summed E-state index contributed by atoms with van der Waals surface area (Å²) >= 11 is 0. The van der Waals surface area contributed by atoms with Crippen molar-refractivity contribution in [3.8, 4) is 0 Å². The minimum absolute atomic E-state index is 0.00547. The fraction of sp³-hybridized carbons (Fsp3) is 0.429. The third-order valence-corrected chi connectivity index (χ3v) is 2.93. The van der Waals surface area contributed by atoms with E-state index in [1.165, 1.54) is 0 Å². The summed E-state index contributed by atoms with van der Waals surface area (Å²) in [7, 11) is 0. The minimum atomic E-state index is -0.963. The Kier molecular flexibility index (Phi) is 5.10. The number of nitrogens with zero attached hydrogens (tertiary/aromatic N) is 1. The van der Waals surface area contributed by atoms with Gasteiger partial charge in [0, 0.05) is 18.8 Å². The van der Waals surface area contributed by atoms with Crippen LogP contribution in [0.3, 0.4) is 0 Å². The molecule has 0 bridgehead atoms. The van der Waals surface area contributed by atoms with Crippen molar-refractivity contribution in [3.63, 3.8) is 0 Å². The quantitative estimate of drug-likeness (QED) is 0.635. The third-order valence-electron chi connectivity index (χ3n) is 2.93. The molecular weight excluding hydrogens is 258 g/mol. The molecule has 0 radical (unpaired) electrons. The molecule has 0 aliphatic heterocycles. The molecule has 0 aliphatic carbocycles. The number of anilines is 1. The number of aliphatic carboxylic acids is 1. The second kappa shape index (κ2) is 6.38. The summed E-state index contributed by atoms with van der Waals surface area (Å²) in [5.41, 5.74) is 11.5. The van der Waals surface area contributed by atoms with Crippen molar-refractivity contribution in [2.24, 2.45) is 11.1 Å². The van der Waals surface area contributed by atoms with Gasteiger partial charge in [-0.15, -0.1) is 0 Å². The number of hydrogen-bond acceptors (Lipinski definition) is 4. The fourth-order valence-electron chi connectivity index (χ4n) is 1.96. The van der Waals surface area contributed by atoms with Gasteiger partial charge in [-0.2, -0.15) is 0 Å². The molecule has 6 heteroatoms. The number of carbonyl (C=O) groups excluding carboxylic acids is 1. The molecule has 6 nitrogen and oxygen atoms in total. The average molecular weight is 279 g/mol. The molecule has 0 fully saturated rings. The van der Waals surface area contributed by atoms with Crippen LogP contribution in [0.5, 0.6) is 0 Å². The summed E-state index contributed by atoms with van der Waals surface area (Å²) < 4.78 is 0. The summed E-state index contributed by atoms with van der Waals surface area (Å²) in [6.45, 7) is 3.88. The van der Waals surface area contributed by atoms with E-state index in [4.69, 9.17) is 11.5 Å². The second-order valence-electron chi connectivity index (χ2n) is 5.55. The number of nitrogen functional groups attached to an aromatic ring is 1. The van der Waals surface area contributed by atoms with E-state index in [0.717, 1.165) is 5.56 Å². The topological polar surface area (TPSA) is 110 Å². The highest BCUT2D eigenvalue weighted by atomic mass is 16.4. The predicted molar refractivity (Wildman–Crippen MR) is 76.7 cm³/mol. The van der Waals surface area contributed by atoms with E-state index in [2.05, 4.69) is 0 Å². The zero-order chi connectivity index (χ0) is 15.3. The van der Waals surface area contributed by atoms with Gasteiger partial charge in [0.1, 0.15) is 0 Å². The Morgan fingerprint density at radius 1 is 1.35 bits per heavy atom. The van der Waals surface area contributed by atoms with E-state index in [1.807, 2.05) is 12.1 Å². The Balaban J connectivity index is 2.84. The minimum Gasteiger partial charge on any atom is -0.481 e. The van der Waals surface area contributed by atoms with Crippen LogP contribution in [0.25, 0.3) is 0 Å². The number of nitrogens with two attached hydrogens (primary N) is 2. The number of carboxylic acids is 1. The van der Waals surface area contributed by atoms with E-state index in [-0.39, 0.29) is 13.1 Å². The summed E-state index contributed by atoms with van der Waals surface area (Å²) in [6, 6.07) is 7.25. The van der Waals surface area contributed by atoms with E-state index in [9.17, 15) is 14.7 Å². The Morgan fingerprint density at radius 2 is 2.00 bits per heavy atom. The van der Waals surface area contributed by atoms with Crippen LogP contribution in [0, 0.1) is 5.41 Å². The summed E-state index contributed by atoms with van der Waals surface area (Å²) in [4.78, 5) is 24.0. The number of benzene rings is 1. The van der Waals surface area contributed by atoms with Gasteiger partial charge in [-0.05, 0) is 31.5 Å². The van der Waals surface area contributed by atoms with Crippen molar-refractivity contribution < 1.29 is 14.7 Å². The van der Waals surface area contributed by atoms with Crippen LogP contribution in [-0.2, 0) is 16.1 Å². The highest BCUT2D eigenvalue weighted by molar-refractivity contribution is 5.76. The van der Waals surface area contributed by atoms with Gasteiger partial charge in [-0.3, -0.25) is 14.5 Å². The maximum atomic E-state index is 11.2. The van der Waals surface area contributed by atoms with Gasteiger partial charge in [-0.25, -0.2) is 0 Å². The van der Waals surface area contributed by atoms with Crippen LogP contribution in [0.2, 0.25) is 0 Å². The molecule has 20 heavy (non-hydrogen) atoms. The van der Waals surface area contributed by atoms with Crippen LogP contribution in [0.15, 0.2) is 24.3 Å². The number of hydrogen-bond donors (Lipinski definition) is 3. The van der Waals surface area contributed by atoms with Crippen LogP contribution >= 0.6 is 0 Å².